The van der Waals surface area contributed by atoms with Crippen molar-refractivity contribution in [3.63, 3.8) is 0 Å². The van der Waals surface area contributed by atoms with Gasteiger partial charge in [-0.2, -0.15) is 45.5 Å². The van der Waals surface area contributed by atoms with E-state index in [1.54, 1.807) is 11.8 Å². The minimum Gasteiger partial charge on any atom is -0.394 e. The number of hydrogen-bond acceptors (Lipinski definition) is 6. The number of hydrogen-bond donors (Lipinski definition) is 1. The van der Waals surface area contributed by atoms with Crippen molar-refractivity contribution in [1.29, 1.82) is 0 Å². The molecular formula is C14H25F5O4S2. The van der Waals surface area contributed by atoms with Crippen molar-refractivity contribution in [3.05, 3.63) is 0 Å². The lowest BCUT2D eigenvalue weighted by Gasteiger charge is -2.18. The Kier molecular flexibility index (Phi) is 15.4. The van der Waals surface area contributed by atoms with Gasteiger partial charge in [-0.3, -0.25) is 0 Å². The van der Waals surface area contributed by atoms with Crippen molar-refractivity contribution in [3.8, 4) is 0 Å². The first-order valence-corrected chi connectivity index (χ1v) is 10.1. The number of thioether (sulfide) groups is 2. The SMILES string of the molecule is OCCOCCOCCSCCOCCSCCC(F)(F)C(F)(F)F. The topological polar surface area (TPSA) is 47.9 Å². The number of ether oxygens (including phenoxy) is 3. The van der Waals surface area contributed by atoms with Crippen LogP contribution in [0.2, 0.25) is 0 Å². The maximum absolute atomic E-state index is 12.6. The Morgan fingerprint density at radius 2 is 1.08 bits per heavy atom. The number of aliphatic hydroxyl groups is 1. The fraction of sp³-hybridized carbons (Fsp3) is 1.00. The van der Waals surface area contributed by atoms with E-state index in [9.17, 15) is 22.0 Å². The van der Waals surface area contributed by atoms with E-state index in [1.807, 2.05) is 0 Å². The molecule has 11 heteroatoms. The van der Waals surface area contributed by atoms with E-state index in [1.165, 1.54) is 0 Å². The van der Waals surface area contributed by atoms with E-state index >= 15 is 0 Å². The molecule has 0 fully saturated rings. The molecule has 0 atom stereocenters. The zero-order valence-electron chi connectivity index (χ0n) is 13.9. The molecule has 0 radical (unpaired) electrons. The number of rotatable bonds is 17. The molecule has 152 valence electrons. The molecule has 0 saturated heterocycles. The van der Waals surface area contributed by atoms with Gasteiger partial charge in [-0.1, -0.05) is 0 Å². The van der Waals surface area contributed by atoms with Crippen LogP contribution in [-0.4, -0.2) is 86.5 Å². The van der Waals surface area contributed by atoms with Gasteiger partial charge in [0.1, 0.15) is 0 Å². The van der Waals surface area contributed by atoms with Crippen LogP contribution in [0.3, 0.4) is 0 Å². The summed E-state index contributed by atoms with van der Waals surface area (Å²) in [6.07, 6.45) is -6.68. The van der Waals surface area contributed by atoms with Crippen molar-refractivity contribution in [2.24, 2.45) is 0 Å². The minimum absolute atomic E-state index is 0.00556. The first-order valence-electron chi connectivity index (χ1n) is 7.75. The number of aliphatic hydroxyl groups excluding tert-OH is 1. The summed E-state index contributed by atoms with van der Waals surface area (Å²) in [6.45, 7) is 2.61. The lowest BCUT2D eigenvalue weighted by atomic mass is 10.2. The third-order valence-electron chi connectivity index (χ3n) is 2.70. The van der Waals surface area contributed by atoms with Crippen LogP contribution in [0, 0.1) is 0 Å². The monoisotopic (exact) mass is 416 g/mol. The van der Waals surface area contributed by atoms with E-state index in [-0.39, 0.29) is 12.4 Å². The van der Waals surface area contributed by atoms with Crippen molar-refractivity contribution in [2.75, 3.05) is 69.3 Å². The van der Waals surface area contributed by atoms with Gasteiger partial charge in [0.2, 0.25) is 0 Å². The molecule has 0 aliphatic carbocycles. The van der Waals surface area contributed by atoms with Gasteiger partial charge in [0.25, 0.3) is 0 Å². The van der Waals surface area contributed by atoms with Crippen molar-refractivity contribution in [1.82, 2.24) is 0 Å². The Morgan fingerprint density at radius 3 is 1.56 bits per heavy atom. The predicted molar refractivity (Wildman–Crippen MR) is 89.8 cm³/mol. The molecule has 4 nitrogen and oxygen atoms in total. The molecule has 0 aliphatic heterocycles. The van der Waals surface area contributed by atoms with Crippen LogP contribution in [0.15, 0.2) is 0 Å². The minimum atomic E-state index is -5.47. The second kappa shape index (κ2) is 15.3. The van der Waals surface area contributed by atoms with Gasteiger partial charge in [0, 0.05) is 23.7 Å². The molecule has 0 spiro atoms. The lowest BCUT2D eigenvalue weighted by Crippen LogP contribution is -2.36. The largest absolute Gasteiger partial charge is 0.453 e. The maximum atomic E-state index is 12.6. The highest BCUT2D eigenvalue weighted by atomic mass is 32.2. The standard InChI is InChI=1S/C14H25F5O4S2/c15-13(16,14(17,18)19)1-9-24-10-7-23-8-12-25-11-6-22-5-4-21-3-2-20/h20H,1-12H2. The van der Waals surface area contributed by atoms with Crippen LogP contribution >= 0.6 is 23.5 Å². The third kappa shape index (κ3) is 15.0. The normalized spacial score (nSPS) is 12.7. The number of alkyl halides is 5. The molecular weight excluding hydrogens is 391 g/mol. The van der Waals surface area contributed by atoms with E-state index in [0.29, 0.717) is 45.4 Å². The quantitative estimate of drug-likeness (QED) is 0.291. The molecule has 0 aromatic carbocycles. The highest BCUT2D eigenvalue weighted by molar-refractivity contribution is 7.99. The molecule has 0 bridgehead atoms. The van der Waals surface area contributed by atoms with Gasteiger partial charge in [-0.25, -0.2) is 0 Å². The van der Waals surface area contributed by atoms with E-state index in [0.717, 1.165) is 23.3 Å². The number of halogens is 5. The van der Waals surface area contributed by atoms with Gasteiger partial charge in [-0.15, -0.1) is 0 Å². The highest BCUT2D eigenvalue weighted by Crippen LogP contribution is 2.38. The maximum Gasteiger partial charge on any atom is 0.453 e. The Balaban J connectivity index is 3.22. The summed E-state index contributed by atoms with van der Waals surface area (Å²) >= 11 is 2.65. The molecule has 0 saturated carbocycles. The molecule has 0 heterocycles. The molecule has 0 amide bonds. The Morgan fingerprint density at radius 1 is 0.640 bits per heavy atom. The van der Waals surface area contributed by atoms with Gasteiger partial charge >= 0.3 is 12.1 Å². The van der Waals surface area contributed by atoms with E-state index in [2.05, 4.69) is 0 Å². The van der Waals surface area contributed by atoms with Crippen LogP contribution < -0.4 is 0 Å². The summed E-state index contributed by atoms with van der Waals surface area (Å²) in [4.78, 5) is 0. The first-order chi connectivity index (χ1) is 11.8. The highest BCUT2D eigenvalue weighted by Gasteiger charge is 2.56. The van der Waals surface area contributed by atoms with Crippen molar-refractivity contribution < 1.29 is 41.3 Å². The smallest absolute Gasteiger partial charge is 0.394 e. The summed E-state index contributed by atoms with van der Waals surface area (Å²) in [5.74, 6) is -2.95. The molecule has 25 heavy (non-hydrogen) atoms. The predicted octanol–water partition coefficient (Wildman–Crippen LogP) is 3.08. The van der Waals surface area contributed by atoms with Gasteiger partial charge < -0.3 is 19.3 Å². The Labute approximate surface area is 153 Å². The molecule has 0 rings (SSSR count). The van der Waals surface area contributed by atoms with E-state index < -0.39 is 18.5 Å². The summed E-state index contributed by atoms with van der Waals surface area (Å²) in [5.41, 5.74) is 0. The second-order valence-corrected chi connectivity index (χ2v) is 7.19. The van der Waals surface area contributed by atoms with Crippen LogP contribution in [0.25, 0.3) is 0 Å². The molecule has 0 unspecified atom stereocenters. The van der Waals surface area contributed by atoms with Crippen LogP contribution in [0.1, 0.15) is 6.42 Å². The van der Waals surface area contributed by atoms with Crippen molar-refractivity contribution >= 4 is 23.5 Å². The fourth-order valence-electron chi connectivity index (χ4n) is 1.39. The zero-order chi connectivity index (χ0) is 19.0. The van der Waals surface area contributed by atoms with Gasteiger partial charge in [-0.05, 0) is 5.75 Å². The average Bonchev–Trinajstić information content (AvgIpc) is 2.53. The summed E-state index contributed by atoms with van der Waals surface area (Å²) < 4.78 is 76.6. The van der Waals surface area contributed by atoms with Gasteiger partial charge in [0.15, 0.2) is 0 Å². The fourth-order valence-corrected chi connectivity index (χ4v) is 2.90. The molecule has 0 aromatic heterocycles. The molecule has 0 aliphatic rings. The van der Waals surface area contributed by atoms with Gasteiger partial charge in [0.05, 0.1) is 46.2 Å². The van der Waals surface area contributed by atoms with Crippen LogP contribution in [0.5, 0.6) is 0 Å². The summed E-state index contributed by atoms with van der Waals surface area (Å²) in [7, 11) is 0. The molecule has 0 aromatic rings. The van der Waals surface area contributed by atoms with Crippen LogP contribution in [0.4, 0.5) is 22.0 Å². The first kappa shape index (κ1) is 25.2. The average molecular weight is 416 g/mol. The third-order valence-corrected chi connectivity index (χ3v) is 4.56. The van der Waals surface area contributed by atoms with Crippen LogP contribution in [-0.2, 0) is 14.2 Å². The van der Waals surface area contributed by atoms with Crippen molar-refractivity contribution in [2.45, 2.75) is 18.5 Å². The second-order valence-electron chi connectivity index (χ2n) is 4.74. The lowest BCUT2D eigenvalue weighted by molar-refractivity contribution is -0.282. The summed E-state index contributed by atoms with van der Waals surface area (Å²) in [5, 5.41) is 8.48. The Hall–Kier alpha value is 0.190. The molecule has 1 N–H and O–H groups in total. The zero-order valence-corrected chi connectivity index (χ0v) is 15.5. The Bertz CT molecular complexity index is 309. The van der Waals surface area contributed by atoms with E-state index in [4.69, 9.17) is 19.3 Å². The summed E-state index contributed by atoms with van der Waals surface area (Å²) in [6, 6.07) is 0.